The van der Waals surface area contributed by atoms with Crippen molar-refractivity contribution in [1.29, 1.82) is 0 Å². The maximum Gasteiger partial charge on any atom is 0.232 e. The van der Waals surface area contributed by atoms with E-state index in [1.54, 1.807) is 24.3 Å². The third-order valence-corrected chi connectivity index (χ3v) is 7.33. The van der Waals surface area contributed by atoms with E-state index in [2.05, 4.69) is 5.32 Å². The highest BCUT2D eigenvalue weighted by Crippen LogP contribution is 2.49. The normalized spacial score (nSPS) is 16.6. The molecule has 2 aliphatic rings. The fourth-order valence-electron chi connectivity index (χ4n) is 3.90. The van der Waals surface area contributed by atoms with Crippen LogP contribution in [0.25, 0.3) is 0 Å². The van der Waals surface area contributed by atoms with Crippen LogP contribution in [-0.2, 0) is 10.8 Å². The van der Waals surface area contributed by atoms with E-state index in [-0.39, 0.29) is 16.5 Å². The maximum absolute atomic E-state index is 15.6. The van der Waals surface area contributed by atoms with Crippen LogP contribution >= 0.6 is 35.3 Å². The summed E-state index contributed by atoms with van der Waals surface area (Å²) in [5.74, 6) is -3.47. The summed E-state index contributed by atoms with van der Waals surface area (Å²) in [6.45, 7) is 11.5. The van der Waals surface area contributed by atoms with E-state index < -0.39 is 34.1 Å². The first-order valence-corrected chi connectivity index (χ1v) is 12.6. The quantitative estimate of drug-likeness (QED) is 0.224. The van der Waals surface area contributed by atoms with Crippen molar-refractivity contribution < 1.29 is 18.3 Å². The van der Waals surface area contributed by atoms with Crippen LogP contribution in [0, 0.1) is 0 Å². The summed E-state index contributed by atoms with van der Waals surface area (Å²) in [7, 11) is 0. The highest BCUT2D eigenvalue weighted by atomic mass is 35.5. The summed E-state index contributed by atoms with van der Waals surface area (Å²) in [6, 6.07) is 7.95. The zero-order valence-electron chi connectivity index (χ0n) is 20.6. The minimum atomic E-state index is -1.36. The Hall–Kier alpha value is -2.42. The van der Waals surface area contributed by atoms with E-state index in [1.165, 1.54) is 16.6 Å². The van der Waals surface area contributed by atoms with E-state index in [1.807, 2.05) is 41.5 Å². The van der Waals surface area contributed by atoms with Gasteiger partial charge in [0.2, 0.25) is 5.95 Å². The zero-order chi connectivity index (χ0) is 26.7. The molecule has 0 saturated heterocycles. The molecule has 10 heteroatoms. The summed E-state index contributed by atoms with van der Waals surface area (Å²) < 4.78 is 48.3. The lowest BCUT2D eigenvalue weighted by Crippen LogP contribution is -2.22. The van der Waals surface area contributed by atoms with Gasteiger partial charge in [-0.3, -0.25) is 4.31 Å². The monoisotopic (exact) mass is 555 g/mol. The topological polar surface area (TPSA) is 38.7 Å². The third kappa shape index (κ3) is 4.78. The van der Waals surface area contributed by atoms with Gasteiger partial charge in [0.15, 0.2) is 11.7 Å². The van der Waals surface area contributed by atoms with Crippen molar-refractivity contribution in [3.05, 3.63) is 86.7 Å². The zero-order valence-corrected chi connectivity index (χ0v) is 22.9. The van der Waals surface area contributed by atoms with Crippen molar-refractivity contribution in [2.75, 3.05) is 9.62 Å². The standard InChI is InChI=1S/C26H26Cl2F3N3OS/c1-25(2,3)15-10-14(11-16(23(15)35)26(4,5)6)32-22-21(30)20(29)19-12-33(36-34(19)24(22)31)18-8-7-13(27)9-17(18)28/h7-12,32,35H,1-6H3. The van der Waals surface area contributed by atoms with Crippen LogP contribution in [0.4, 0.5) is 24.5 Å². The van der Waals surface area contributed by atoms with Crippen molar-refractivity contribution in [2.45, 2.75) is 52.4 Å². The number of allylic oxidation sites excluding steroid dienone is 2. The van der Waals surface area contributed by atoms with E-state index in [9.17, 15) is 5.11 Å². The Balaban J connectivity index is 1.76. The van der Waals surface area contributed by atoms with Crippen molar-refractivity contribution in [3.8, 4) is 5.75 Å². The molecule has 0 aliphatic carbocycles. The van der Waals surface area contributed by atoms with Crippen molar-refractivity contribution >= 4 is 46.7 Å². The first-order valence-electron chi connectivity index (χ1n) is 11.1. The predicted octanol–water partition coefficient (Wildman–Crippen LogP) is 9.24. The molecule has 0 saturated carbocycles. The molecule has 36 heavy (non-hydrogen) atoms. The van der Waals surface area contributed by atoms with Gasteiger partial charge in [0.25, 0.3) is 0 Å². The summed E-state index contributed by atoms with van der Waals surface area (Å²) in [5.41, 5.74) is 0.101. The molecule has 0 spiro atoms. The van der Waals surface area contributed by atoms with Crippen LogP contribution in [0.3, 0.4) is 0 Å². The third-order valence-electron chi connectivity index (χ3n) is 5.79. The van der Waals surface area contributed by atoms with Gasteiger partial charge >= 0.3 is 0 Å². The molecule has 2 aliphatic heterocycles. The Bertz CT molecular complexity index is 1310. The smallest absolute Gasteiger partial charge is 0.232 e. The van der Waals surface area contributed by atoms with Crippen LogP contribution in [0.15, 0.2) is 65.5 Å². The Labute approximate surface area is 223 Å². The van der Waals surface area contributed by atoms with Crippen LogP contribution in [0.1, 0.15) is 52.7 Å². The molecule has 0 aromatic heterocycles. The summed E-state index contributed by atoms with van der Waals surface area (Å²) in [6.07, 6.45) is 1.26. The number of phenols is 1. The number of nitrogens with one attached hydrogen (secondary N) is 1. The van der Waals surface area contributed by atoms with Gasteiger partial charge in [0.05, 0.1) is 22.8 Å². The van der Waals surface area contributed by atoms with Gasteiger partial charge in [-0.2, -0.15) is 4.39 Å². The van der Waals surface area contributed by atoms with Gasteiger partial charge in [-0.15, -0.1) is 0 Å². The van der Waals surface area contributed by atoms with E-state index in [4.69, 9.17) is 23.2 Å². The van der Waals surface area contributed by atoms with Crippen LogP contribution in [-0.4, -0.2) is 9.41 Å². The molecule has 192 valence electrons. The van der Waals surface area contributed by atoms with Crippen molar-refractivity contribution in [1.82, 2.24) is 4.31 Å². The Kier molecular flexibility index (Phi) is 6.77. The van der Waals surface area contributed by atoms with E-state index in [0.717, 1.165) is 16.4 Å². The molecule has 2 N–H and O–H groups in total. The molecule has 0 amide bonds. The number of aromatic hydroxyl groups is 1. The molecule has 2 heterocycles. The number of halogens is 5. The van der Waals surface area contributed by atoms with E-state index in [0.29, 0.717) is 27.5 Å². The maximum atomic E-state index is 15.6. The van der Waals surface area contributed by atoms with Gasteiger partial charge in [0, 0.05) is 28.0 Å². The lowest BCUT2D eigenvalue weighted by molar-refractivity contribution is 0.419. The molecular formula is C26H26Cl2F3N3OS. The van der Waals surface area contributed by atoms with Gasteiger partial charge in [-0.1, -0.05) is 64.7 Å². The van der Waals surface area contributed by atoms with Gasteiger partial charge < -0.3 is 10.4 Å². The average Bonchev–Trinajstić information content (AvgIpc) is 3.20. The average molecular weight is 556 g/mol. The van der Waals surface area contributed by atoms with Gasteiger partial charge in [-0.25, -0.2) is 13.1 Å². The van der Waals surface area contributed by atoms with Crippen molar-refractivity contribution in [2.24, 2.45) is 0 Å². The highest BCUT2D eigenvalue weighted by molar-refractivity contribution is 7.99. The lowest BCUT2D eigenvalue weighted by atomic mass is 9.79. The lowest BCUT2D eigenvalue weighted by Gasteiger charge is -2.29. The first-order chi connectivity index (χ1) is 16.6. The molecule has 4 rings (SSSR count). The van der Waals surface area contributed by atoms with Crippen LogP contribution < -0.4 is 9.62 Å². The molecular weight excluding hydrogens is 530 g/mol. The molecule has 0 unspecified atom stereocenters. The number of anilines is 2. The first kappa shape index (κ1) is 26.6. The largest absolute Gasteiger partial charge is 0.507 e. The molecule has 0 radical (unpaired) electrons. The number of hydrogen-bond acceptors (Lipinski definition) is 5. The van der Waals surface area contributed by atoms with E-state index >= 15 is 13.2 Å². The second kappa shape index (κ2) is 9.15. The summed E-state index contributed by atoms with van der Waals surface area (Å²) in [5, 5.41) is 14.3. The highest BCUT2D eigenvalue weighted by Gasteiger charge is 2.40. The number of nitrogens with zero attached hydrogens (tertiary/aromatic N) is 2. The molecule has 0 bridgehead atoms. The number of phenolic OH excluding ortho intramolecular Hbond substituents is 1. The molecule has 4 nitrogen and oxygen atoms in total. The summed E-state index contributed by atoms with van der Waals surface area (Å²) >= 11 is 13.0. The second-order valence-corrected chi connectivity index (χ2v) is 12.4. The van der Waals surface area contributed by atoms with Crippen molar-refractivity contribution in [3.63, 3.8) is 0 Å². The Morgan fingerprint density at radius 3 is 2.00 bits per heavy atom. The van der Waals surface area contributed by atoms with Gasteiger partial charge in [-0.05, 0) is 41.2 Å². The Morgan fingerprint density at radius 2 is 1.47 bits per heavy atom. The van der Waals surface area contributed by atoms with Crippen LogP contribution in [0.2, 0.25) is 10.0 Å². The molecule has 2 aromatic carbocycles. The number of hydrogen-bond donors (Lipinski definition) is 2. The van der Waals surface area contributed by atoms with Crippen LogP contribution in [0.5, 0.6) is 5.75 Å². The number of benzene rings is 2. The second-order valence-electron chi connectivity index (χ2n) is 10.7. The number of fused-ring (bicyclic) bond motifs is 1. The fraction of sp³-hybridized carbons (Fsp3) is 0.308. The number of rotatable bonds is 3. The minimum absolute atomic E-state index is 0.122. The van der Waals surface area contributed by atoms with Gasteiger partial charge in [0.1, 0.15) is 17.1 Å². The predicted molar refractivity (Wildman–Crippen MR) is 143 cm³/mol. The minimum Gasteiger partial charge on any atom is -0.507 e. The SMILES string of the molecule is CC(C)(C)c1cc(NC2=C(F)N3SN(c4ccc(Cl)cc4Cl)C=C3C(F)=C2F)cc(C(C)(C)C)c1O. The molecule has 0 atom stereocenters. The Morgan fingerprint density at radius 1 is 0.889 bits per heavy atom. The summed E-state index contributed by atoms with van der Waals surface area (Å²) in [4.78, 5) is 0. The fourth-order valence-corrected chi connectivity index (χ4v) is 5.39. The molecule has 2 aromatic rings. The molecule has 0 fully saturated rings.